The van der Waals surface area contributed by atoms with E-state index in [9.17, 15) is 9.59 Å². The normalized spacial score (nSPS) is 16.0. The van der Waals surface area contributed by atoms with E-state index in [-0.39, 0.29) is 12.1 Å². The number of amides is 2. The van der Waals surface area contributed by atoms with Gasteiger partial charge in [-0.15, -0.1) is 0 Å². The van der Waals surface area contributed by atoms with Crippen molar-refractivity contribution >= 4 is 27.9 Å². The number of urea groups is 1. The largest absolute Gasteiger partial charge is 0.489 e. The zero-order valence-electron chi connectivity index (χ0n) is 17.9. The Morgan fingerprint density at radius 2 is 1.84 bits per heavy atom. The lowest BCUT2D eigenvalue weighted by Gasteiger charge is -2.30. The molecule has 1 heterocycles. The number of ether oxygens (including phenoxy) is 2. The topological polar surface area (TPSA) is 76.7 Å². The molecular formula is C24H27BrN2O4. The maximum Gasteiger partial charge on any atom is 0.338 e. The zero-order chi connectivity index (χ0) is 22.4. The van der Waals surface area contributed by atoms with Gasteiger partial charge in [-0.3, -0.25) is 0 Å². The number of esters is 1. The first-order valence-electron chi connectivity index (χ1n) is 10.4. The Morgan fingerprint density at radius 3 is 2.52 bits per heavy atom. The summed E-state index contributed by atoms with van der Waals surface area (Å²) in [5.41, 5.74) is 2.72. The molecule has 0 aromatic heterocycles. The summed E-state index contributed by atoms with van der Waals surface area (Å²) >= 11 is 3.43. The Bertz CT molecular complexity index is 970. The second-order valence-corrected chi connectivity index (χ2v) is 8.50. The van der Waals surface area contributed by atoms with Crippen LogP contribution in [-0.4, -0.2) is 18.1 Å². The lowest BCUT2D eigenvalue weighted by atomic mass is 9.93. The quantitative estimate of drug-likeness (QED) is 0.490. The molecule has 0 bridgehead atoms. The van der Waals surface area contributed by atoms with Crippen molar-refractivity contribution in [3.63, 3.8) is 0 Å². The average molecular weight is 487 g/mol. The Balaban J connectivity index is 1.96. The summed E-state index contributed by atoms with van der Waals surface area (Å²) in [6.07, 6.45) is 1.07. The number of halogens is 1. The fraction of sp³-hybridized carbons (Fsp3) is 0.333. The van der Waals surface area contributed by atoms with Crippen LogP contribution in [0.3, 0.4) is 0 Å². The molecule has 2 N–H and O–H groups in total. The Hall–Kier alpha value is -2.80. The van der Waals surface area contributed by atoms with Crippen LogP contribution in [-0.2, 0) is 16.1 Å². The monoisotopic (exact) mass is 486 g/mol. The van der Waals surface area contributed by atoms with Gasteiger partial charge in [0, 0.05) is 15.7 Å². The third-order valence-corrected chi connectivity index (χ3v) is 5.28. The Kier molecular flexibility index (Phi) is 7.74. The first kappa shape index (κ1) is 22.9. The molecule has 0 fully saturated rings. The lowest BCUT2D eigenvalue weighted by Crippen LogP contribution is -2.46. The molecule has 31 heavy (non-hydrogen) atoms. The predicted octanol–water partition coefficient (Wildman–Crippen LogP) is 5.39. The van der Waals surface area contributed by atoms with E-state index in [0.717, 1.165) is 16.5 Å². The van der Waals surface area contributed by atoms with E-state index in [1.807, 2.05) is 55.5 Å². The first-order chi connectivity index (χ1) is 14.9. The molecule has 0 aliphatic carbocycles. The van der Waals surface area contributed by atoms with Gasteiger partial charge in [-0.1, -0.05) is 59.6 Å². The van der Waals surface area contributed by atoms with Crippen LogP contribution in [0.25, 0.3) is 0 Å². The van der Waals surface area contributed by atoms with E-state index in [4.69, 9.17) is 9.47 Å². The SMILES string of the molecule is CCCC1=C(C(=O)OC(C)C)C(c2ccccc2OCc2ccc(Br)cc2)NC(=O)N1. The number of carbonyl (C=O) groups excluding carboxylic acids is 2. The van der Waals surface area contributed by atoms with Gasteiger partial charge >= 0.3 is 12.0 Å². The van der Waals surface area contributed by atoms with Crippen molar-refractivity contribution < 1.29 is 19.1 Å². The fourth-order valence-electron chi connectivity index (χ4n) is 3.41. The number of benzene rings is 2. The number of rotatable bonds is 8. The minimum absolute atomic E-state index is 0.273. The third kappa shape index (κ3) is 5.88. The van der Waals surface area contributed by atoms with E-state index in [0.29, 0.717) is 35.6 Å². The van der Waals surface area contributed by atoms with Gasteiger partial charge in [-0.2, -0.15) is 0 Å². The maximum atomic E-state index is 13.0. The number of hydrogen-bond donors (Lipinski definition) is 2. The molecule has 1 aliphatic heterocycles. The summed E-state index contributed by atoms with van der Waals surface area (Å²) in [6.45, 7) is 5.96. The molecule has 0 saturated heterocycles. The summed E-state index contributed by atoms with van der Waals surface area (Å²) in [7, 11) is 0. The average Bonchev–Trinajstić information content (AvgIpc) is 2.73. The van der Waals surface area contributed by atoms with Crippen molar-refractivity contribution in [3.8, 4) is 5.75 Å². The second-order valence-electron chi connectivity index (χ2n) is 7.58. The van der Waals surface area contributed by atoms with E-state index >= 15 is 0 Å². The highest BCUT2D eigenvalue weighted by Crippen LogP contribution is 2.35. The number of carbonyl (C=O) groups is 2. The Morgan fingerprint density at radius 1 is 1.13 bits per heavy atom. The van der Waals surface area contributed by atoms with Gasteiger partial charge in [-0.05, 0) is 44.0 Å². The molecule has 1 aliphatic rings. The predicted molar refractivity (Wildman–Crippen MR) is 122 cm³/mol. The summed E-state index contributed by atoms with van der Waals surface area (Å²) in [5.74, 6) is 0.155. The van der Waals surface area contributed by atoms with Gasteiger partial charge in [0.2, 0.25) is 0 Å². The standard InChI is InChI=1S/C24H27BrN2O4/c1-4-7-19-21(23(28)31-15(2)3)22(27-24(29)26-19)18-8-5-6-9-20(18)30-14-16-10-12-17(25)13-11-16/h5-6,8-13,15,22H,4,7,14H2,1-3H3,(H2,26,27,29). The van der Waals surface area contributed by atoms with Crippen LogP contribution in [0, 0.1) is 0 Å². The van der Waals surface area contributed by atoms with Gasteiger partial charge in [0.1, 0.15) is 12.4 Å². The van der Waals surface area contributed by atoms with Crippen LogP contribution >= 0.6 is 15.9 Å². The van der Waals surface area contributed by atoms with Crippen molar-refractivity contribution in [2.24, 2.45) is 0 Å². The third-order valence-electron chi connectivity index (χ3n) is 4.75. The van der Waals surface area contributed by atoms with Crippen molar-refractivity contribution in [1.29, 1.82) is 0 Å². The summed E-state index contributed by atoms with van der Waals surface area (Å²) in [4.78, 5) is 25.4. The van der Waals surface area contributed by atoms with Crippen LogP contribution in [0.2, 0.25) is 0 Å². The van der Waals surface area contributed by atoms with Crippen LogP contribution in [0.15, 0.2) is 64.3 Å². The highest BCUT2D eigenvalue weighted by atomic mass is 79.9. The van der Waals surface area contributed by atoms with Gasteiger partial charge < -0.3 is 20.1 Å². The molecular weight excluding hydrogens is 460 g/mol. The minimum atomic E-state index is -0.664. The summed E-state index contributed by atoms with van der Waals surface area (Å²) in [6, 6.07) is 14.3. The number of allylic oxidation sites excluding steroid dienone is 1. The van der Waals surface area contributed by atoms with E-state index in [1.165, 1.54) is 0 Å². The molecule has 6 nitrogen and oxygen atoms in total. The number of nitrogens with one attached hydrogen (secondary N) is 2. The molecule has 7 heteroatoms. The zero-order valence-corrected chi connectivity index (χ0v) is 19.5. The molecule has 0 spiro atoms. The van der Waals surface area contributed by atoms with Crippen molar-refractivity contribution in [3.05, 3.63) is 75.4 Å². The van der Waals surface area contributed by atoms with Gasteiger partial charge in [0.15, 0.2) is 0 Å². The molecule has 1 atom stereocenters. The smallest absolute Gasteiger partial charge is 0.338 e. The van der Waals surface area contributed by atoms with Crippen LogP contribution in [0.5, 0.6) is 5.75 Å². The van der Waals surface area contributed by atoms with Gasteiger partial charge in [0.25, 0.3) is 0 Å². The molecule has 0 saturated carbocycles. The molecule has 3 rings (SSSR count). The molecule has 164 valence electrons. The van der Waals surface area contributed by atoms with Crippen LogP contribution in [0.1, 0.15) is 50.8 Å². The second kappa shape index (κ2) is 10.5. The number of hydrogen-bond acceptors (Lipinski definition) is 4. The van der Waals surface area contributed by atoms with Gasteiger partial charge in [-0.25, -0.2) is 9.59 Å². The van der Waals surface area contributed by atoms with Crippen LogP contribution in [0.4, 0.5) is 4.79 Å². The molecule has 2 amide bonds. The van der Waals surface area contributed by atoms with E-state index in [1.54, 1.807) is 13.8 Å². The fourth-order valence-corrected chi connectivity index (χ4v) is 3.67. The molecule has 2 aromatic carbocycles. The summed E-state index contributed by atoms with van der Waals surface area (Å²) < 4.78 is 12.6. The molecule has 0 radical (unpaired) electrons. The van der Waals surface area contributed by atoms with Crippen molar-refractivity contribution in [2.75, 3.05) is 0 Å². The van der Waals surface area contributed by atoms with Gasteiger partial charge in [0.05, 0.1) is 17.7 Å². The lowest BCUT2D eigenvalue weighted by molar-refractivity contribution is -0.143. The highest BCUT2D eigenvalue weighted by Gasteiger charge is 2.35. The number of para-hydroxylation sites is 1. The van der Waals surface area contributed by atoms with Crippen molar-refractivity contribution in [1.82, 2.24) is 10.6 Å². The summed E-state index contributed by atoms with van der Waals surface area (Å²) in [5, 5.41) is 5.66. The molecule has 1 unspecified atom stereocenters. The Labute approximate surface area is 191 Å². The highest BCUT2D eigenvalue weighted by molar-refractivity contribution is 9.10. The first-order valence-corrected chi connectivity index (χ1v) is 11.2. The maximum absolute atomic E-state index is 13.0. The minimum Gasteiger partial charge on any atom is -0.489 e. The van der Waals surface area contributed by atoms with Crippen LogP contribution < -0.4 is 15.4 Å². The van der Waals surface area contributed by atoms with E-state index in [2.05, 4.69) is 26.6 Å². The molecule has 2 aromatic rings. The van der Waals surface area contributed by atoms with Crippen molar-refractivity contribution in [2.45, 2.75) is 52.4 Å². The van der Waals surface area contributed by atoms with E-state index < -0.39 is 12.0 Å².